The highest BCUT2D eigenvalue weighted by molar-refractivity contribution is 8.01. The van der Waals surface area contributed by atoms with Crippen LogP contribution in [0.25, 0.3) is 16.8 Å². The number of pyridine rings is 1. The molecule has 0 spiro atoms. The molecule has 1 aromatic heterocycles. The number of aliphatic hydroxyl groups excluding tert-OH is 2. The summed E-state index contributed by atoms with van der Waals surface area (Å²) in [6.45, 7) is 10.8. The fourth-order valence-electron chi connectivity index (χ4n) is 6.56. The van der Waals surface area contributed by atoms with Crippen molar-refractivity contribution in [1.29, 1.82) is 0 Å². The Balaban J connectivity index is 0.000000680. The van der Waals surface area contributed by atoms with Gasteiger partial charge < -0.3 is 34.8 Å². The van der Waals surface area contributed by atoms with E-state index >= 15 is 0 Å². The highest BCUT2D eigenvalue weighted by atomic mass is 32.2. The van der Waals surface area contributed by atoms with Crippen molar-refractivity contribution in [3.05, 3.63) is 117 Å². The molecule has 59 heavy (non-hydrogen) atoms. The van der Waals surface area contributed by atoms with Crippen molar-refractivity contribution in [2.24, 2.45) is 0 Å². The molecule has 0 bridgehead atoms. The van der Waals surface area contributed by atoms with Gasteiger partial charge in [-0.05, 0) is 79.4 Å². The largest absolute Gasteiger partial charge is 0.479 e. The van der Waals surface area contributed by atoms with Crippen LogP contribution in [0.1, 0.15) is 56.5 Å². The van der Waals surface area contributed by atoms with E-state index in [0.717, 1.165) is 42.5 Å². The van der Waals surface area contributed by atoms with E-state index in [-0.39, 0.29) is 29.9 Å². The van der Waals surface area contributed by atoms with E-state index in [2.05, 4.69) is 18.7 Å². The zero-order valence-corrected chi connectivity index (χ0v) is 33.6. The van der Waals surface area contributed by atoms with Gasteiger partial charge in [0.2, 0.25) is 5.91 Å². The summed E-state index contributed by atoms with van der Waals surface area (Å²) in [5.41, 5.74) is 2.89. The Kier molecular flexibility index (Phi) is 15.6. The lowest BCUT2D eigenvalue weighted by Gasteiger charge is -2.27. The molecule has 0 fully saturated rings. The van der Waals surface area contributed by atoms with Crippen molar-refractivity contribution >= 4 is 29.6 Å². The zero-order valence-electron chi connectivity index (χ0n) is 32.8. The van der Waals surface area contributed by atoms with Gasteiger partial charge in [-0.25, -0.2) is 18.4 Å². The molecule has 5 rings (SSSR count). The molecular formula is C42H46F5N3O8S. The Morgan fingerprint density at radius 3 is 2.05 bits per heavy atom. The number of carboxylic acid groups (broad SMARTS) is 2. The van der Waals surface area contributed by atoms with Crippen LogP contribution in [-0.2, 0) is 39.9 Å². The van der Waals surface area contributed by atoms with Gasteiger partial charge in [0, 0.05) is 55.7 Å². The van der Waals surface area contributed by atoms with Crippen LogP contribution >= 0.6 is 11.8 Å². The topological polar surface area (TPSA) is 161 Å². The number of amides is 1. The first-order valence-corrected chi connectivity index (χ1v) is 19.5. The Bertz CT molecular complexity index is 2180. The minimum atomic E-state index is -4.46. The molecule has 1 amide bonds. The number of nitrogens with zero attached hydrogens (tertiary/aromatic N) is 3. The molecule has 0 aliphatic carbocycles. The maximum Gasteiger partial charge on any atom is 0.416 e. The van der Waals surface area contributed by atoms with Crippen LogP contribution in [-0.4, -0.2) is 95.8 Å². The number of aliphatic carboxylic acids is 2. The van der Waals surface area contributed by atoms with E-state index in [1.54, 1.807) is 17.2 Å². The second kappa shape index (κ2) is 19.8. The van der Waals surface area contributed by atoms with Crippen molar-refractivity contribution in [2.45, 2.75) is 81.5 Å². The van der Waals surface area contributed by atoms with Crippen molar-refractivity contribution < 1.29 is 56.8 Å². The summed E-state index contributed by atoms with van der Waals surface area (Å²) in [4.78, 5) is 50.2. The number of thioether (sulfide) groups is 1. The second-order valence-corrected chi connectivity index (χ2v) is 15.8. The first-order chi connectivity index (χ1) is 27.7. The molecule has 318 valence electrons. The van der Waals surface area contributed by atoms with Crippen LogP contribution in [0.4, 0.5) is 22.0 Å². The molecule has 4 N–H and O–H groups in total. The molecule has 1 aliphatic rings. The summed E-state index contributed by atoms with van der Waals surface area (Å²) in [5.74, 6) is -5.40. The van der Waals surface area contributed by atoms with Crippen LogP contribution in [0, 0.1) is 11.6 Å². The third kappa shape index (κ3) is 11.8. The summed E-state index contributed by atoms with van der Waals surface area (Å²) < 4.78 is 69.8. The van der Waals surface area contributed by atoms with Crippen LogP contribution in [0.15, 0.2) is 82.6 Å². The number of aromatic nitrogens is 1. The van der Waals surface area contributed by atoms with Crippen molar-refractivity contribution in [3.63, 3.8) is 0 Å². The normalized spacial score (nSPS) is 15.9. The maximum absolute atomic E-state index is 14.5. The molecule has 4 aromatic rings. The van der Waals surface area contributed by atoms with Crippen molar-refractivity contribution in [3.8, 4) is 16.8 Å². The average Bonchev–Trinajstić information content (AvgIpc) is 3.56. The number of hydrogen-bond donors (Lipinski definition) is 4. The van der Waals surface area contributed by atoms with Gasteiger partial charge in [0.15, 0.2) is 29.3 Å². The molecule has 3 aromatic carbocycles. The molecule has 0 saturated heterocycles. The Morgan fingerprint density at radius 2 is 1.49 bits per heavy atom. The smallest absolute Gasteiger partial charge is 0.416 e. The minimum Gasteiger partial charge on any atom is -0.479 e. The lowest BCUT2D eigenvalue weighted by Crippen LogP contribution is -2.39. The summed E-state index contributed by atoms with van der Waals surface area (Å²) in [6.07, 6.45) is -6.07. The number of alkyl halides is 3. The molecule has 11 nitrogen and oxygen atoms in total. The summed E-state index contributed by atoms with van der Waals surface area (Å²) in [7, 11) is 0. The summed E-state index contributed by atoms with van der Waals surface area (Å²) in [6, 6.07) is 16.2. The van der Waals surface area contributed by atoms with Gasteiger partial charge in [-0.1, -0.05) is 50.2 Å². The van der Waals surface area contributed by atoms with Crippen LogP contribution in [0.5, 0.6) is 0 Å². The Morgan fingerprint density at radius 1 is 0.881 bits per heavy atom. The molecule has 0 saturated carbocycles. The number of aliphatic hydroxyl groups is 2. The lowest BCUT2D eigenvalue weighted by molar-refractivity contribution is -0.165. The van der Waals surface area contributed by atoms with Gasteiger partial charge in [-0.15, -0.1) is 11.8 Å². The molecule has 0 radical (unpaired) electrons. The molecule has 3 atom stereocenters. The number of halogens is 5. The van der Waals surface area contributed by atoms with E-state index in [9.17, 15) is 41.1 Å². The quantitative estimate of drug-likeness (QED) is 0.0986. The number of carbonyl (C=O) groups excluding carboxylic acids is 1. The Hall–Kier alpha value is -5.10. The minimum absolute atomic E-state index is 0.0947. The maximum atomic E-state index is 14.5. The number of aryl methyl sites for hydroxylation is 1. The number of fused-ring (bicyclic) bond motifs is 1. The molecule has 1 aliphatic heterocycles. The number of likely N-dealkylation sites (N-methyl/N-ethyl adjacent to an activating group) is 1. The van der Waals surface area contributed by atoms with Gasteiger partial charge in [-0.2, -0.15) is 13.2 Å². The zero-order chi connectivity index (χ0) is 43.8. The van der Waals surface area contributed by atoms with Crippen LogP contribution < -0.4 is 5.43 Å². The van der Waals surface area contributed by atoms with Gasteiger partial charge in [0.1, 0.15) is 0 Å². The van der Waals surface area contributed by atoms with E-state index in [0.29, 0.717) is 47.6 Å². The van der Waals surface area contributed by atoms with E-state index in [4.69, 9.17) is 20.4 Å². The van der Waals surface area contributed by atoms with Crippen molar-refractivity contribution in [1.82, 2.24) is 14.4 Å². The lowest BCUT2D eigenvalue weighted by atomic mass is 9.95. The van der Waals surface area contributed by atoms with E-state index in [1.807, 2.05) is 29.7 Å². The number of benzene rings is 3. The predicted octanol–water partition coefficient (Wildman–Crippen LogP) is 6.41. The molecular weight excluding hydrogens is 802 g/mol. The second-order valence-electron chi connectivity index (χ2n) is 14.2. The fourth-order valence-corrected chi connectivity index (χ4v) is 7.92. The first kappa shape index (κ1) is 46.6. The third-order valence-corrected chi connectivity index (χ3v) is 11.6. The average molecular weight is 848 g/mol. The number of rotatable bonds is 15. The standard InChI is InChI=1S/C38H40F5N3O2S.C4H6O6/c1-5-44(6-2)20-21-45(25(3)47)24-29-11-10-28(26-12-14-30(15-13-26)38(41,42)43)22-32(29)46-19-17-34(48)36-33(46)23-37(4,49-36)18-16-27-8-7-9-31(39)35(27)40;5-1(3(7)8)2(6)4(9)10/h7-15,17,19,22H,5-6,16,18,20-21,23-24H2,1-4H3;1-2,5-6H,(H,7,8)(H,9,10). The summed E-state index contributed by atoms with van der Waals surface area (Å²) >= 11 is 1.42. The number of carbonyl (C=O) groups is 3. The SMILES string of the molecule is CCN(CC)CCN(Cc1ccc(-c2ccc(C(F)(F)F)cc2)cc1-n1ccc(=O)c2c1CC(C)(CCc1cccc(F)c1F)S2)C(C)=O.O=C(O)C(O)C(O)C(=O)O. The highest BCUT2D eigenvalue weighted by Gasteiger charge is 2.38. The fraction of sp³-hybridized carbons (Fsp3) is 0.381. The van der Waals surface area contributed by atoms with E-state index in [1.165, 1.54) is 43.0 Å². The summed E-state index contributed by atoms with van der Waals surface area (Å²) in [5, 5.41) is 32.5. The molecule has 3 unspecified atom stereocenters. The van der Waals surface area contributed by atoms with Crippen LogP contribution in [0.3, 0.4) is 0 Å². The third-order valence-electron chi connectivity index (χ3n) is 10.1. The van der Waals surface area contributed by atoms with Gasteiger partial charge in [-0.3, -0.25) is 9.59 Å². The van der Waals surface area contributed by atoms with Gasteiger partial charge in [0.25, 0.3) is 0 Å². The number of carboxylic acids is 2. The van der Waals surface area contributed by atoms with Crippen LogP contribution in [0.2, 0.25) is 0 Å². The number of hydrogen-bond acceptors (Lipinski definition) is 8. The van der Waals surface area contributed by atoms with Crippen molar-refractivity contribution in [2.75, 3.05) is 26.2 Å². The van der Waals surface area contributed by atoms with E-state index < -0.39 is 52.3 Å². The monoisotopic (exact) mass is 847 g/mol. The van der Waals surface area contributed by atoms with Gasteiger partial charge in [0.05, 0.1) is 16.1 Å². The highest BCUT2D eigenvalue weighted by Crippen LogP contribution is 2.47. The molecule has 17 heteroatoms. The van der Waals surface area contributed by atoms with Gasteiger partial charge >= 0.3 is 18.1 Å². The molecule has 2 heterocycles. The predicted molar refractivity (Wildman–Crippen MR) is 211 cm³/mol. The Labute approximate surface area is 341 Å². The first-order valence-electron chi connectivity index (χ1n) is 18.7.